The second-order valence-corrected chi connectivity index (χ2v) is 5.87. The fraction of sp³-hybridized carbons (Fsp3) is 0.211. The Balaban J connectivity index is 1.71. The SMILES string of the molecule is Cc1ncc(-c2ccccn2)c(CCNC(=O)c2ccc(=O)n(C)c2)n1. The lowest BCUT2D eigenvalue weighted by molar-refractivity contribution is 0.0953. The lowest BCUT2D eigenvalue weighted by Crippen LogP contribution is -2.28. The second kappa shape index (κ2) is 7.69. The summed E-state index contributed by atoms with van der Waals surface area (Å²) >= 11 is 0. The smallest absolute Gasteiger partial charge is 0.252 e. The number of hydrogen-bond acceptors (Lipinski definition) is 5. The van der Waals surface area contributed by atoms with Crippen LogP contribution in [0.3, 0.4) is 0 Å². The molecule has 0 aliphatic carbocycles. The highest BCUT2D eigenvalue weighted by atomic mass is 16.2. The van der Waals surface area contributed by atoms with E-state index in [1.54, 1.807) is 19.4 Å². The van der Waals surface area contributed by atoms with Gasteiger partial charge in [0.25, 0.3) is 5.91 Å². The van der Waals surface area contributed by atoms with Gasteiger partial charge in [-0.05, 0) is 25.1 Å². The van der Waals surface area contributed by atoms with E-state index in [9.17, 15) is 9.59 Å². The molecule has 0 bridgehead atoms. The first-order valence-corrected chi connectivity index (χ1v) is 8.23. The van der Waals surface area contributed by atoms with Crippen LogP contribution >= 0.6 is 0 Å². The minimum absolute atomic E-state index is 0.155. The van der Waals surface area contributed by atoms with E-state index in [2.05, 4.69) is 20.3 Å². The quantitative estimate of drug-likeness (QED) is 0.754. The molecule has 1 N–H and O–H groups in total. The van der Waals surface area contributed by atoms with Crippen LogP contribution in [-0.4, -0.2) is 32.0 Å². The van der Waals surface area contributed by atoms with Gasteiger partial charge < -0.3 is 9.88 Å². The van der Waals surface area contributed by atoms with Crippen LogP contribution in [-0.2, 0) is 13.5 Å². The van der Waals surface area contributed by atoms with E-state index >= 15 is 0 Å². The van der Waals surface area contributed by atoms with Crippen molar-refractivity contribution < 1.29 is 4.79 Å². The van der Waals surface area contributed by atoms with Crippen molar-refractivity contribution in [3.8, 4) is 11.3 Å². The zero-order valence-corrected chi connectivity index (χ0v) is 14.6. The molecule has 0 saturated heterocycles. The highest BCUT2D eigenvalue weighted by Gasteiger charge is 2.11. The summed E-state index contributed by atoms with van der Waals surface area (Å²) in [5.74, 6) is 0.440. The first kappa shape index (κ1) is 17.5. The fourth-order valence-electron chi connectivity index (χ4n) is 2.57. The number of nitrogens with one attached hydrogen (secondary N) is 1. The largest absolute Gasteiger partial charge is 0.352 e. The van der Waals surface area contributed by atoms with Gasteiger partial charge >= 0.3 is 0 Å². The zero-order valence-electron chi connectivity index (χ0n) is 14.6. The third-order valence-electron chi connectivity index (χ3n) is 3.92. The fourth-order valence-corrected chi connectivity index (χ4v) is 2.57. The number of pyridine rings is 2. The maximum absolute atomic E-state index is 12.2. The standard InChI is InChI=1S/C19H19N5O2/c1-13-22-11-15(16-5-3-4-9-20-16)17(23-13)8-10-21-19(26)14-6-7-18(25)24(2)12-14/h3-7,9,11-12H,8,10H2,1-2H3,(H,21,26). The molecule has 0 atom stereocenters. The molecule has 0 aliphatic heterocycles. The summed E-state index contributed by atoms with van der Waals surface area (Å²) in [5, 5.41) is 2.86. The van der Waals surface area contributed by atoms with Crippen LogP contribution in [0.1, 0.15) is 21.9 Å². The van der Waals surface area contributed by atoms with E-state index in [4.69, 9.17) is 0 Å². The van der Waals surface area contributed by atoms with Gasteiger partial charge in [-0.1, -0.05) is 6.07 Å². The van der Waals surface area contributed by atoms with Gasteiger partial charge in [-0.3, -0.25) is 14.6 Å². The Bertz CT molecular complexity index is 983. The van der Waals surface area contributed by atoms with E-state index in [0.717, 1.165) is 17.0 Å². The Morgan fingerprint density at radius 3 is 2.77 bits per heavy atom. The summed E-state index contributed by atoms with van der Waals surface area (Å²) in [5.41, 5.74) is 2.77. The summed E-state index contributed by atoms with van der Waals surface area (Å²) in [6.07, 6.45) is 5.55. The second-order valence-electron chi connectivity index (χ2n) is 5.87. The number of aromatic nitrogens is 4. The van der Waals surface area contributed by atoms with Crippen LogP contribution in [0.15, 0.2) is 53.7 Å². The molecule has 0 spiro atoms. The van der Waals surface area contributed by atoms with Gasteiger partial charge in [0, 0.05) is 50.2 Å². The van der Waals surface area contributed by atoms with E-state index in [0.29, 0.717) is 24.4 Å². The summed E-state index contributed by atoms with van der Waals surface area (Å²) < 4.78 is 1.38. The minimum atomic E-state index is -0.231. The summed E-state index contributed by atoms with van der Waals surface area (Å²) in [7, 11) is 1.61. The molecule has 0 fully saturated rings. The first-order valence-electron chi connectivity index (χ1n) is 8.23. The van der Waals surface area contributed by atoms with Gasteiger partial charge in [-0.25, -0.2) is 9.97 Å². The molecule has 7 nitrogen and oxygen atoms in total. The van der Waals surface area contributed by atoms with Crippen LogP contribution in [0.5, 0.6) is 0 Å². The average Bonchev–Trinajstić information content (AvgIpc) is 2.65. The lowest BCUT2D eigenvalue weighted by atomic mass is 10.1. The Morgan fingerprint density at radius 1 is 1.19 bits per heavy atom. The van der Waals surface area contributed by atoms with Gasteiger partial charge in [0.1, 0.15) is 5.82 Å². The monoisotopic (exact) mass is 349 g/mol. The number of carbonyl (C=O) groups is 1. The number of amides is 1. The molecule has 3 aromatic heterocycles. The molecular formula is C19H19N5O2. The van der Waals surface area contributed by atoms with E-state index in [1.165, 1.54) is 22.9 Å². The van der Waals surface area contributed by atoms with Crippen LogP contribution < -0.4 is 10.9 Å². The highest BCUT2D eigenvalue weighted by Crippen LogP contribution is 2.19. The third-order valence-corrected chi connectivity index (χ3v) is 3.92. The maximum Gasteiger partial charge on any atom is 0.252 e. The normalized spacial score (nSPS) is 10.5. The van der Waals surface area contributed by atoms with Crippen molar-refractivity contribution >= 4 is 5.91 Å². The van der Waals surface area contributed by atoms with E-state index in [1.807, 2.05) is 25.1 Å². The third kappa shape index (κ3) is 4.00. The van der Waals surface area contributed by atoms with Crippen molar-refractivity contribution in [2.45, 2.75) is 13.3 Å². The molecule has 0 aliphatic rings. The van der Waals surface area contributed by atoms with Crippen molar-refractivity contribution in [2.24, 2.45) is 7.05 Å². The molecule has 7 heteroatoms. The summed E-state index contributed by atoms with van der Waals surface area (Å²) in [4.78, 5) is 36.8. The molecule has 0 unspecified atom stereocenters. The Labute approximate surface area is 150 Å². The molecule has 0 radical (unpaired) electrons. The van der Waals surface area contributed by atoms with Crippen LogP contribution in [0.25, 0.3) is 11.3 Å². The van der Waals surface area contributed by atoms with E-state index in [-0.39, 0.29) is 11.5 Å². The van der Waals surface area contributed by atoms with Crippen molar-refractivity contribution in [3.05, 3.63) is 76.4 Å². The van der Waals surface area contributed by atoms with Crippen LogP contribution in [0, 0.1) is 6.92 Å². The Hall–Kier alpha value is -3.35. The van der Waals surface area contributed by atoms with Gasteiger partial charge in [0.15, 0.2) is 0 Å². The lowest BCUT2D eigenvalue weighted by Gasteiger charge is -2.10. The van der Waals surface area contributed by atoms with Crippen molar-refractivity contribution in [1.82, 2.24) is 24.8 Å². The van der Waals surface area contributed by atoms with Crippen molar-refractivity contribution in [1.29, 1.82) is 0 Å². The van der Waals surface area contributed by atoms with Crippen LogP contribution in [0.2, 0.25) is 0 Å². The number of aryl methyl sites for hydroxylation is 2. The Kier molecular flexibility index (Phi) is 5.17. The molecule has 3 aromatic rings. The molecule has 3 rings (SSSR count). The first-order chi connectivity index (χ1) is 12.5. The Morgan fingerprint density at radius 2 is 2.04 bits per heavy atom. The zero-order chi connectivity index (χ0) is 18.5. The van der Waals surface area contributed by atoms with Crippen molar-refractivity contribution in [2.75, 3.05) is 6.54 Å². The molecular weight excluding hydrogens is 330 g/mol. The highest BCUT2D eigenvalue weighted by molar-refractivity contribution is 5.93. The molecule has 3 heterocycles. The van der Waals surface area contributed by atoms with Gasteiger partial charge in [0.05, 0.1) is 17.0 Å². The van der Waals surface area contributed by atoms with Gasteiger partial charge in [-0.2, -0.15) is 0 Å². The maximum atomic E-state index is 12.2. The predicted molar refractivity (Wildman–Crippen MR) is 97.7 cm³/mol. The van der Waals surface area contributed by atoms with Gasteiger partial charge in [0.2, 0.25) is 5.56 Å². The number of nitrogens with zero attached hydrogens (tertiary/aromatic N) is 4. The molecule has 132 valence electrons. The number of rotatable bonds is 5. The number of carbonyl (C=O) groups excluding carboxylic acids is 1. The predicted octanol–water partition coefficient (Wildman–Crippen LogP) is 1.52. The molecule has 1 amide bonds. The van der Waals surface area contributed by atoms with E-state index < -0.39 is 0 Å². The molecule has 26 heavy (non-hydrogen) atoms. The molecule has 0 saturated carbocycles. The van der Waals surface area contributed by atoms with Gasteiger partial charge in [-0.15, -0.1) is 0 Å². The van der Waals surface area contributed by atoms with Crippen molar-refractivity contribution in [3.63, 3.8) is 0 Å². The summed E-state index contributed by atoms with van der Waals surface area (Å²) in [6, 6.07) is 8.56. The van der Waals surface area contributed by atoms with Crippen LogP contribution in [0.4, 0.5) is 0 Å². The minimum Gasteiger partial charge on any atom is -0.352 e. The summed E-state index contributed by atoms with van der Waals surface area (Å²) in [6.45, 7) is 2.24. The average molecular weight is 349 g/mol. The molecule has 0 aromatic carbocycles. The number of hydrogen-bond donors (Lipinski definition) is 1. The topological polar surface area (TPSA) is 89.8 Å².